The minimum Gasteiger partial charge on any atom is -0.380 e. The molecule has 0 saturated carbocycles. The van der Waals surface area contributed by atoms with Gasteiger partial charge in [0.25, 0.3) is 0 Å². The number of nitrogens with two attached hydrogens (primary N) is 1. The number of carbonyl (C=O) groups excluding carboxylic acids is 1. The Morgan fingerprint density at radius 1 is 1.15 bits per heavy atom. The Bertz CT molecular complexity index is 1090. The minimum atomic E-state index is -0.672. The van der Waals surface area contributed by atoms with Gasteiger partial charge in [-0.15, -0.1) is 11.3 Å². The summed E-state index contributed by atoms with van der Waals surface area (Å²) in [6.07, 6.45) is 3.04. The third kappa shape index (κ3) is 2.93. The Labute approximate surface area is 152 Å². The zero-order valence-electron chi connectivity index (χ0n) is 13.4. The van der Waals surface area contributed by atoms with Crippen LogP contribution in [-0.4, -0.2) is 26.4 Å². The van der Waals surface area contributed by atoms with Gasteiger partial charge in [-0.25, -0.2) is 14.3 Å². The van der Waals surface area contributed by atoms with Gasteiger partial charge in [0.2, 0.25) is 0 Å². The van der Waals surface area contributed by atoms with E-state index in [0.29, 0.717) is 11.2 Å². The van der Waals surface area contributed by atoms with Crippen molar-refractivity contribution in [2.45, 2.75) is 0 Å². The van der Waals surface area contributed by atoms with E-state index < -0.39 is 5.97 Å². The van der Waals surface area contributed by atoms with Crippen molar-refractivity contribution in [2.75, 3.05) is 0 Å². The monoisotopic (exact) mass is 363 g/mol. The Hall–Kier alpha value is -3.52. The summed E-state index contributed by atoms with van der Waals surface area (Å²) in [5.41, 5.74) is 7.96. The van der Waals surface area contributed by atoms with Crippen LogP contribution in [0.25, 0.3) is 16.2 Å². The number of hydrogen-bond acceptors (Lipinski definition) is 6. The van der Waals surface area contributed by atoms with Gasteiger partial charge in [-0.1, -0.05) is 41.6 Å². The van der Waals surface area contributed by atoms with Crippen molar-refractivity contribution in [1.29, 1.82) is 0 Å². The van der Waals surface area contributed by atoms with Gasteiger partial charge in [0.05, 0.1) is 16.8 Å². The number of hydrogen-bond donors (Lipinski definition) is 1. The Morgan fingerprint density at radius 3 is 2.77 bits per heavy atom. The van der Waals surface area contributed by atoms with Crippen molar-refractivity contribution >= 4 is 28.8 Å². The predicted molar refractivity (Wildman–Crippen MR) is 98.9 cm³/mol. The van der Waals surface area contributed by atoms with E-state index in [0.717, 1.165) is 10.6 Å². The molecule has 0 radical (unpaired) electrons. The third-order valence-corrected chi connectivity index (χ3v) is 4.58. The van der Waals surface area contributed by atoms with Gasteiger partial charge in [0, 0.05) is 11.8 Å². The second kappa shape index (κ2) is 6.77. The fourth-order valence-corrected chi connectivity index (χ4v) is 3.18. The van der Waals surface area contributed by atoms with E-state index in [9.17, 15) is 4.79 Å². The van der Waals surface area contributed by atoms with E-state index in [1.165, 1.54) is 6.20 Å². The van der Waals surface area contributed by atoms with Gasteiger partial charge < -0.3 is 10.6 Å². The summed E-state index contributed by atoms with van der Waals surface area (Å²) in [5, 5.41) is 9.95. The molecule has 1 aromatic carbocycles. The highest BCUT2D eigenvalue weighted by atomic mass is 32.1. The van der Waals surface area contributed by atoms with Crippen LogP contribution in [0.3, 0.4) is 0 Å². The molecule has 3 heterocycles. The second-order valence-electron chi connectivity index (χ2n) is 5.32. The first-order valence-electron chi connectivity index (χ1n) is 7.71. The summed E-state index contributed by atoms with van der Waals surface area (Å²) < 4.78 is 1.60. The molecule has 0 atom stereocenters. The van der Waals surface area contributed by atoms with E-state index in [2.05, 4.69) is 15.2 Å². The molecule has 4 rings (SSSR count). The summed E-state index contributed by atoms with van der Waals surface area (Å²) in [5.74, 6) is -0.558. The number of amidine groups is 1. The average Bonchev–Trinajstić information content (AvgIpc) is 3.36. The van der Waals surface area contributed by atoms with Crippen molar-refractivity contribution in [3.05, 3.63) is 77.4 Å². The maximum Gasteiger partial charge on any atom is 0.371 e. The summed E-state index contributed by atoms with van der Waals surface area (Å²) in [6.45, 7) is 0. The molecular formula is C18H13N5O2S. The molecule has 128 valence electrons. The van der Waals surface area contributed by atoms with Crippen LogP contribution in [0.4, 0.5) is 0 Å². The molecular weight excluding hydrogens is 350 g/mol. The Morgan fingerprint density at radius 2 is 2.00 bits per heavy atom. The molecule has 4 aromatic rings. The molecule has 0 spiro atoms. The Kier molecular flexibility index (Phi) is 4.16. The quantitative estimate of drug-likeness (QED) is 0.260. The van der Waals surface area contributed by atoms with E-state index in [-0.39, 0.29) is 11.4 Å². The normalized spacial score (nSPS) is 11.6. The predicted octanol–water partition coefficient (Wildman–Crippen LogP) is 2.94. The van der Waals surface area contributed by atoms with Crippen LogP contribution in [0.5, 0.6) is 0 Å². The summed E-state index contributed by atoms with van der Waals surface area (Å²) in [6, 6.07) is 14.8. The standard InChI is InChI=1S/C18H13N5O2S/c19-16(12-5-2-1-3-6-12)22-25-18(24)13-11-21-23-14(8-9-20-17(13)23)15-7-4-10-26-15/h1-11H,(H2,19,22). The molecule has 0 aliphatic carbocycles. The van der Waals surface area contributed by atoms with Crippen molar-refractivity contribution in [3.8, 4) is 10.6 Å². The van der Waals surface area contributed by atoms with Crippen LogP contribution in [0.15, 0.2) is 71.5 Å². The molecule has 0 amide bonds. The molecule has 0 aliphatic rings. The van der Waals surface area contributed by atoms with E-state index in [4.69, 9.17) is 10.6 Å². The first-order chi connectivity index (χ1) is 12.7. The van der Waals surface area contributed by atoms with Crippen molar-refractivity contribution < 1.29 is 9.63 Å². The lowest BCUT2D eigenvalue weighted by Gasteiger charge is -2.02. The van der Waals surface area contributed by atoms with Gasteiger partial charge in [0.15, 0.2) is 11.5 Å². The number of oxime groups is 1. The number of fused-ring (bicyclic) bond motifs is 1. The lowest BCUT2D eigenvalue weighted by molar-refractivity contribution is 0.0518. The summed E-state index contributed by atoms with van der Waals surface area (Å²) >= 11 is 1.58. The van der Waals surface area contributed by atoms with Crippen molar-refractivity contribution in [2.24, 2.45) is 10.9 Å². The minimum absolute atomic E-state index is 0.114. The fraction of sp³-hybridized carbons (Fsp3) is 0. The van der Waals surface area contributed by atoms with Crippen LogP contribution in [0, 0.1) is 0 Å². The first-order valence-corrected chi connectivity index (χ1v) is 8.59. The molecule has 0 fully saturated rings. The summed E-state index contributed by atoms with van der Waals surface area (Å²) in [4.78, 5) is 22.6. The zero-order chi connectivity index (χ0) is 17.9. The molecule has 3 aromatic heterocycles. The molecule has 8 heteroatoms. The van der Waals surface area contributed by atoms with Crippen LogP contribution in [0.1, 0.15) is 15.9 Å². The highest BCUT2D eigenvalue weighted by Crippen LogP contribution is 2.25. The molecule has 0 saturated heterocycles. The number of nitrogens with zero attached hydrogens (tertiary/aromatic N) is 4. The van der Waals surface area contributed by atoms with Crippen LogP contribution in [0.2, 0.25) is 0 Å². The number of thiophene rings is 1. The summed E-state index contributed by atoms with van der Waals surface area (Å²) in [7, 11) is 0. The number of aromatic nitrogens is 3. The number of rotatable bonds is 4. The SMILES string of the molecule is N/C(=N\OC(=O)c1cnn2c(-c3cccs3)ccnc12)c1ccccc1. The maximum atomic E-state index is 12.4. The largest absolute Gasteiger partial charge is 0.380 e. The van der Waals surface area contributed by atoms with Gasteiger partial charge >= 0.3 is 5.97 Å². The molecule has 2 N–H and O–H groups in total. The smallest absolute Gasteiger partial charge is 0.371 e. The van der Waals surface area contributed by atoms with E-state index in [1.54, 1.807) is 34.2 Å². The van der Waals surface area contributed by atoms with Crippen LogP contribution >= 0.6 is 11.3 Å². The van der Waals surface area contributed by atoms with E-state index >= 15 is 0 Å². The molecule has 0 bridgehead atoms. The van der Waals surface area contributed by atoms with Gasteiger partial charge in [-0.2, -0.15) is 5.10 Å². The maximum absolute atomic E-state index is 12.4. The highest BCUT2D eigenvalue weighted by Gasteiger charge is 2.18. The average molecular weight is 363 g/mol. The zero-order valence-corrected chi connectivity index (χ0v) is 14.3. The van der Waals surface area contributed by atoms with E-state index in [1.807, 2.05) is 41.8 Å². The number of benzene rings is 1. The fourth-order valence-electron chi connectivity index (χ4n) is 2.45. The molecule has 0 aliphatic heterocycles. The van der Waals surface area contributed by atoms with Crippen molar-refractivity contribution in [3.63, 3.8) is 0 Å². The first kappa shape index (κ1) is 16.0. The highest BCUT2D eigenvalue weighted by molar-refractivity contribution is 7.13. The van der Waals surface area contributed by atoms with Crippen LogP contribution in [-0.2, 0) is 4.84 Å². The topological polar surface area (TPSA) is 94.9 Å². The molecule has 26 heavy (non-hydrogen) atoms. The van der Waals surface area contributed by atoms with Crippen molar-refractivity contribution in [1.82, 2.24) is 14.6 Å². The molecule has 0 unspecified atom stereocenters. The number of carbonyl (C=O) groups is 1. The lowest BCUT2D eigenvalue weighted by atomic mass is 10.2. The van der Waals surface area contributed by atoms with Gasteiger partial charge in [0.1, 0.15) is 5.56 Å². The van der Waals surface area contributed by atoms with Gasteiger partial charge in [-0.3, -0.25) is 0 Å². The third-order valence-electron chi connectivity index (χ3n) is 3.69. The lowest BCUT2D eigenvalue weighted by Crippen LogP contribution is -2.15. The molecule has 7 nitrogen and oxygen atoms in total. The Balaban J connectivity index is 1.63. The van der Waals surface area contributed by atoms with Gasteiger partial charge in [-0.05, 0) is 17.5 Å². The second-order valence-corrected chi connectivity index (χ2v) is 6.27. The van der Waals surface area contributed by atoms with Crippen LogP contribution < -0.4 is 5.73 Å².